The number of rotatable bonds is 2. The molecule has 0 aromatic heterocycles. The van der Waals surface area contributed by atoms with Gasteiger partial charge in [-0.1, -0.05) is 0 Å². The van der Waals surface area contributed by atoms with Crippen molar-refractivity contribution < 1.29 is 29.7 Å². The second kappa shape index (κ2) is 6.10. The summed E-state index contributed by atoms with van der Waals surface area (Å²) in [6, 6.07) is 0. The van der Waals surface area contributed by atoms with Gasteiger partial charge in [-0.15, -0.1) is 0 Å². The summed E-state index contributed by atoms with van der Waals surface area (Å²) >= 11 is 0. The first-order chi connectivity index (χ1) is 4.86. The molecule has 1 rings (SSSR count). The molecule has 3 heteroatoms. The molecule has 0 bridgehead atoms. The minimum atomic E-state index is 0. The van der Waals surface area contributed by atoms with Crippen molar-refractivity contribution in [3.63, 3.8) is 0 Å². The summed E-state index contributed by atoms with van der Waals surface area (Å²) in [5.41, 5.74) is 0. The second-order valence-corrected chi connectivity index (χ2v) is 3.25. The summed E-state index contributed by atoms with van der Waals surface area (Å²) in [5, 5.41) is 17.6. The summed E-state index contributed by atoms with van der Waals surface area (Å²) in [4.78, 5) is 0. The van der Waals surface area contributed by atoms with Gasteiger partial charge in [0.1, 0.15) is 0 Å². The fourth-order valence-corrected chi connectivity index (χ4v) is 1.60. The van der Waals surface area contributed by atoms with E-state index in [2.05, 4.69) is 0 Å². The van der Waals surface area contributed by atoms with Gasteiger partial charge in [0.25, 0.3) is 0 Å². The van der Waals surface area contributed by atoms with Crippen molar-refractivity contribution >= 4 is 0 Å². The largest absolute Gasteiger partial charge is 2.00 e. The maximum absolute atomic E-state index is 8.79. The third kappa shape index (κ3) is 3.64. The van der Waals surface area contributed by atoms with Crippen LogP contribution in [0.2, 0.25) is 0 Å². The number of aliphatic hydroxyl groups excluding tert-OH is 2. The molecule has 1 fully saturated rings. The van der Waals surface area contributed by atoms with Gasteiger partial charge in [-0.25, -0.2) is 0 Å². The maximum atomic E-state index is 8.79. The maximum Gasteiger partial charge on any atom is 2.00 e. The van der Waals surface area contributed by atoms with E-state index in [1.807, 2.05) is 0 Å². The smallest absolute Gasteiger partial charge is 0.396 e. The Bertz CT molecular complexity index is 78.1. The topological polar surface area (TPSA) is 40.5 Å². The molecular formula is C8H16O2Zn+2. The van der Waals surface area contributed by atoms with Crippen LogP contribution in [-0.4, -0.2) is 23.4 Å². The molecule has 60 valence electrons. The van der Waals surface area contributed by atoms with Gasteiger partial charge in [-0.3, -0.25) is 0 Å². The minimum Gasteiger partial charge on any atom is -0.396 e. The van der Waals surface area contributed by atoms with E-state index in [0.29, 0.717) is 25.0 Å². The van der Waals surface area contributed by atoms with Crippen LogP contribution >= 0.6 is 0 Å². The van der Waals surface area contributed by atoms with Crippen molar-refractivity contribution in [1.82, 2.24) is 0 Å². The molecular weight excluding hydrogens is 193 g/mol. The van der Waals surface area contributed by atoms with Crippen LogP contribution < -0.4 is 0 Å². The first-order valence-corrected chi connectivity index (χ1v) is 4.08. The predicted molar refractivity (Wildman–Crippen MR) is 39.6 cm³/mol. The summed E-state index contributed by atoms with van der Waals surface area (Å²) in [5.74, 6) is 1.03. The standard InChI is InChI=1S/C8H16O2.Zn/c9-5-7-1-2-8(6-10)4-3-7;/h7-10H,1-6H2;/q;+2. The van der Waals surface area contributed by atoms with Crippen molar-refractivity contribution in [1.29, 1.82) is 0 Å². The average Bonchev–Trinajstić information content (AvgIpc) is 2.05. The molecule has 0 unspecified atom stereocenters. The normalized spacial score (nSPS) is 31.1. The number of aliphatic hydroxyl groups is 2. The zero-order valence-electron chi connectivity index (χ0n) is 7.00. The third-order valence-corrected chi connectivity index (χ3v) is 2.48. The van der Waals surface area contributed by atoms with E-state index in [1.165, 1.54) is 0 Å². The molecule has 2 nitrogen and oxygen atoms in total. The monoisotopic (exact) mass is 208 g/mol. The van der Waals surface area contributed by atoms with E-state index in [0.717, 1.165) is 25.7 Å². The van der Waals surface area contributed by atoms with Crippen LogP contribution in [-0.2, 0) is 19.5 Å². The van der Waals surface area contributed by atoms with Gasteiger partial charge in [0.05, 0.1) is 0 Å². The molecule has 1 aliphatic carbocycles. The quantitative estimate of drug-likeness (QED) is 0.660. The van der Waals surface area contributed by atoms with Crippen LogP contribution in [0.15, 0.2) is 0 Å². The minimum absolute atomic E-state index is 0. The molecule has 0 atom stereocenters. The van der Waals surface area contributed by atoms with Crippen LogP contribution in [0.1, 0.15) is 25.7 Å². The average molecular weight is 210 g/mol. The molecule has 1 saturated carbocycles. The summed E-state index contributed by atoms with van der Waals surface area (Å²) in [7, 11) is 0. The summed E-state index contributed by atoms with van der Waals surface area (Å²) in [6.07, 6.45) is 4.40. The molecule has 0 spiro atoms. The molecule has 0 saturated heterocycles. The second-order valence-electron chi connectivity index (χ2n) is 3.25. The molecule has 0 aromatic carbocycles. The molecule has 0 radical (unpaired) electrons. The predicted octanol–water partition coefficient (Wildman–Crippen LogP) is 0.775. The fraction of sp³-hybridized carbons (Fsp3) is 1.00. The van der Waals surface area contributed by atoms with Gasteiger partial charge >= 0.3 is 19.5 Å². The van der Waals surface area contributed by atoms with Crippen molar-refractivity contribution in [2.24, 2.45) is 11.8 Å². The van der Waals surface area contributed by atoms with E-state index in [-0.39, 0.29) is 19.5 Å². The van der Waals surface area contributed by atoms with E-state index < -0.39 is 0 Å². The number of hydrogen-bond acceptors (Lipinski definition) is 2. The Morgan fingerprint density at radius 2 is 1.09 bits per heavy atom. The Morgan fingerprint density at radius 1 is 0.818 bits per heavy atom. The van der Waals surface area contributed by atoms with Gasteiger partial charge in [0, 0.05) is 13.2 Å². The molecule has 0 heterocycles. The van der Waals surface area contributed by atoms with Crippen LogP contribution in [0.25, 0.3) is 0 Å². The van der Waals surface area contributed by atoms with E-state index in [1.54, 1.807) is 0 Å². The van der Waals surface area contributed by atoms with Crippen LogP contribution in [0, 0.1) is 11.8 Å². The van der Waals surface area contributed by atoms with Gasteiger partial charge in [0.2, 0.25) is 0 Å². The molecule has 0 aliphatic heterocycles. The van der Waals surface area contributed by atoms with Gasteiger partial charge in [-0.05, 0) is 37.5 Å². The van der Waals surface area contributed by atoms with Crippen LogP contribution in [0.5, 0.6) is 0 Å². The van der Waals surface area contributed by atoms with E-state index in [9.17, 15) is 0 Å². The van der Waals surface area contributed by atoms with E-state index >= 15 is 0 Å². The van der Waals surface area contributed by atoms with E-state index in [4.69, 9.17) is 10.2 Å². The molecule has 0 aromatic rings. The third-order valence-electron chi connectivity index (χ3n) is 2.48. The van der Waals surface area contributed by atoms with Crippen molar-refractivity contribution in [3.05, 3.63) is 0 Å². The number of hydrogen-bond donors (Lipinski definition) is 2. The molecule has 1 aliphatic rings. The van der Waals surface area contributed by atoms with Gasteiger partial charge in [-0.2, -0.15) is 0 Å². The Balaban J connectivity index is 0.000001000. The zero-order chi connectivity index (χ0) is 7.40. The summed E-state index contributed by atoms with van der Waals surface area (Å²) in [6.45, 7) is 0.663. The van der Waals surface area contributed by atoms with Crippen LogP contribution in [0.3, 0.4) is 0 Å². The molecule has 2 N–H and O–H groups in total. The molecule has 0 amide bonds. The van der Waals surface area contributed by atoms with Crippen molar-refractivity contribution in [2.75, 3.05) is 13.2 Å². The fourth-order valence-electron chi connectivity index (χ4n) is 1.60. The van der Waals surface area contributed by atoms with Crippen molar-refractivity contribution in [3.8, 4) is 0 Å². The first kappa shape index (κ1) is 11.5. The Morgan fingerprint density at radius 3 is 1.27 bits per heavy atom. The Hall–Kier alpha value is 0.543. The van der Waals surface area contributed by atoms with Crippen LogP contribution in [0.4, 0.5) is 0 Å². The first-order valence-electron chi connectivity index (χ1n) is 4.08. The zero-order valence-corrected chi connectivity index (χ0v) is 9.97. The Kier molecular flexibility index (Phi) is 6.40. The summed E-state index contributed by atoms with van der Waals surface area (Å²) < 4.78 is 0. The Labute approximate surface area is 80.8 Å². The van der Waals surface area contributed by atoms with Gasteiger partial charge in [0.15, 0.2) is 0 Å². The van der Waals surface area contributed by atoms with Crippen molar-refractivity contribution in [2.45, 2.75) is 25.7 Å². The molecule has 11 heavy (non-hydrogen) atoms. The van der Waals surface area contributed by atoms with Gasteiger partial charge < -0.3 is 10.2 Å². The SMILES string of the molecule is OCC1CCC(CO)CC1.[Zn+2].